The summed E-state index contributed by atoms with van der Waals surface area (Å²) in [7, 11) is 0. The lowest BCUT2D eigenvalue weighted by Gasteiger charge is -2.45. The summed E-state index contributed by atoms with van der Waals surface area (Å²) in [5.74, 6) is 0.996. The predicted molar refractivity (Wildman–Crippen MR) is 76.0 cm³/mol. The summed E-state index contributed by atoms with van der Waals surface area (Å²) >= 11 is 0. The highest BCUT2D eigenvalue weighted by atomic mass is 16.2. The summed E-state index contributed by atoms with van der Waals surface area (Å²) in [6, 6.07) is 0.981. The Morgan fingerprint density at radius 3 is 2.42 bits per heavy atom. The second-order valence-electron chi connectivity index (χ2n) is 6.53. The number of piperidine rings is 3. The molecule has 0 radical (unpaired) electrons. The summed E-state index contributed by atoms with van der Waals surface area (Å²) < 4.78 is 0. The van der Waals surface area contributed by atoms with E-state index in [0.717, 1.165) is 12.5 Å². The van der Waals surface area contributed by atoms with Crippen molar-refractivity contribution in [1.82, 2.24) is 15.5 Å². The second-order valence-corrected chi connectivity index (χ2v) is 6.53. The van der Waals surface area contributed by atoms with Crippen LogP contribution in [0, 0.1) is 5.92 Å². The van der Waals surface area contributed by atoms with E-state index < -0.39 is 0 Å². The van der Waals surface area contributed by atoms with Crippen LogP contribution >= 0.6 is 0 Å². The van der Waals surface area contributed by atoms with Crippen molar-refractivity contribution in [3.8, 4) is 0 Å². The molecule has 2 bridgehead atoms. The smallest absolute Gasteiger partial charge is 0.234 e. The zero-order chi connectivity index (χ0) is 13.1. The van der Waals surface area contributed by atoms with Crippen LogP contribution in [-0.2, 0) is 4.79 Å². The van der Waals surface area contributed by atoms with Gasteiger partial charge in [-0.2, -0.15) is 0 Å². The molecule has 3 aliphatic heterocycles. The summed E-state index contributed by atoms with van der Waals surface area (Å²) in [6.07, 6.45) is 8.85. The largest absolute Gasteiger partial charge is 0.352 e. The maximum absolute atomic E-state index is 12.0. The van der Waals surface area contributed by atoms with E-state index in [0.29, 0.717) is 18.6 Å². The molecule has 1 unspecified atom stereocenters. The fraction of sp³-hybridized carbons (Fsp3) is 0.933. The molecule has 19 heavy (non-hydrogen) atoms. The number of carbonyl (C=O) groups is 1. The topological polar surface area (TPSA) is 44.4 Å². The minimum absolute atomic E-state index is 0.198. The zero-order valence-electron chi connectivity index (χ0n) is 11.9. The molecule has 4 heteroatoms. The van der Waals surface area contributed by atoms with Gasteiger partial charge in [-0.15, -0.1) is 0 Å². The number of carbonyl (C=O) groups excluding carboxylic acids is 1. The third-order valence-electron chi connectivity index (χ3n) is 5.15. The zero-order valence-corrected chi connectivity index (χ0v) is 11.9. The Morgan fingerprint density at radius 1 is 1.05 bits per heavy atom. The van der Waals surface area contributed by atoms with Crippen LogP contribution in [0.25, 0.3) is 0 Å². The SMILES string of the molecule is O=C(CNC1CN2CCC1CC2)NC1CCCCC1. The van der Waals surface area contributed by atoms with Gasteiger partial charge in [-0.1, -0.05) is 19.3 Å². The molecule has 4 fully saturated rings. The maximum Gasteiger partial charge on any atom is 0.234 e. The Bertz CT molecular complexity index is 307. The van der Waals surface area contributed by atoms with Crippen LogP contribution < -0.4 is 10.6 Å². The van der Waals surface area contributed by atoms with Gasteiger partial charge in [-0.3, -0.25) is 4.79 Å². The van der Waals surface area contributed by atoms with Gasteiger partial charge in [0.2, 0.25) is 5.91 Å². The molecule has 1 amide bonds. The molecule has 1 atom stereocenters. The van der Waals surface area contributed by atoms with Crippen LogP contribution in [-0.4, -0.2) is 49.1 Å². The van der Waals surface area contributed by atoms with Gasteiger partial charge >= 0.3 is 0 Å². The monoisotopic (exact) mass is 265 g/mol. The van der Waals surface area contributed by atoms with E-state index in [1.54, 1.807) is 0 Å². The van der Waals surface area contributed by atoms with Crippen molar-refractivity contribution < 1.29 is 4.79 Å². The first-order valence-corrected chi connectivity index (χ1v) is 8.06. The highest BCUT2D eigenvalue weighted by molar-refractivity contribution is 5.78. The molecule has 4 nitrogen and oxygen atoms in total. The quantitative estimate of drug-likeness (QED) is 0.800. The number of nitrogens with zero attached hydrogens (tertiary/aromatic N) is 1. The van der Waals surface area contributed by atoms with Gasteiger partial charge in [-0.05, 0) is 44.7 Å². The van der Waals surface area contributed by atoms with Crippen LogP contribution in [0.4, 0.5) is 0 Å². The van der Waals surface area contributed by atoms with Crippen molar-refractivity contribution in [2.45, 2.75) is 57.0 Å². The van der Waals surface area contributed by atoms with Gasteiger partial charge in [0.25, 0.3) is 0 Å². The third kappa shape index (κ3) is 3.48. The first-order chi connectivity index (χ1) is 9.31. The molecule has 2 N–H and O–H groups in total. The van der Waals surface area contributed by atoms with Gasteiger partial charge in [0.15, 0.2) is 0 Å². The first-order valence-electron chi connectivity index (χ1n) is 8.06. The lowest BCUT2D eigenvalue weighted by molar-refractivity contribution is -0.121. The molecule has 0 aromatic heterocycles. The Morgan fingerprint density at radius 2 is 1.79 bits per heavy atom. The lowest BCUT2D eigenvalue weighted by Crippen LogP contribution is -2.57. The standard InChI is InChI=1S/C15H27N3O/c19-15(17-13-4-2-1-3-5-13)10-16-14-11-18-8-6-12(14)7-9-18/h12-14,16H,1-11H2,(H,17,19). The van der Waals surface area contributed by atoms with Crippen molar-refractivity contribution in [1.29, 1.82) is 0 Å². The van der Waals surface area contributed by atoms with Crippen molar-refractivity contribution in [2.75, 3.05) is 26.2 Å². The number of amides is 1. The molecule has 1 aliphatic carbocycles. The van der Waals surface area contributed by atoms with E-state index in [9.17, 15) is 4.79 Å². The number of hydrogen-bond acceptors (Lipinski definition) is 3. The van der Waals surface area contributed by atoms with Gasteiger partial charge in [-0.25, -0.2) is 0 Å². The van der Waals surface area contributed by atoms with Gasteiger partial charge in [0, 0.05) is 18.6 Å². The average Bonchev–Trinajstić information content (AvgIpc) is 2.47. The molecule has 4 aliphatic rings. The number of fused-ring (bicyclic) bond motifs is 3. The Hall–Kier alpha value is -0.610. The second kappa shape index (κ2) is 6.23. The van der Waals surface area contributed by atoms with Crippen molar-refractivity contribution in [3.63, 3.8) is 0 Å². The van der Waals surface area contributed by atoms with E-state index in [1.807, 2.05) is 0 Å². The molecule has 0 aromatic rings. The molecule has 0 aromatic carbocycles. The number of rotatable bonds is 4. The van der Waals surface area contributed by atoms with E-state index in [-0.39, 0.29) is 5.91 Å². The van der Waals surface area contributed by atoms with Crippen LogP contribution in [0.15, 0.2) is 0 Å². The molecular weight excluding hydrogens is 238 g/mol. The first kappa shape index (κ1) is 13.4. The predicted octanol–water partition coefficient (Wildman–Crippen LogP) is 1.12. The van der Waals surface area contributed by atoms with Gasteiger partial charge < -0.3 is 15.5 Å². The Kier molecular flexibility index (Phi) is 4.38. The van der Waals surface area contributed by atoms with Gasteiger partial charge in [0.05, 0.1) is 6.54 Å². The van der Waals surface area contributed by atoms with E-state index in [2.05, 4.69) is 15.5 Å². The minimum Gasteiger partial charge on any atom is -0.352 e. The van der Waals surface area contributed by atoms with E-state index in [1.165, 1.54) is 58.0 Å². The molecule has 3 heterocycles. The summed E-state index contributed by atoms with van der Waals surface area (Å²) in [6.45, 7) is 4.17. The summed E-state index contributed by atoms with van der Waals surface area (Å²) in [5, 5.41) is 6.68. The number of hydrogen-bond donors (Lipinski definition) is 2. The number of nitrogens with one attached hydrogen (secondary N) is 2. The molecule has 1 saturated carbocycles. The fourth-order valence-corrected chi connectivity index (χ4v) is 3.95. The van der Waals surface area contributed by atoms with Crippen LogP contribution in [0.2, 0.25) is 0 Å². The molecule has 0 spiro atoms. The van der Waals surface area contributed by atoms with E-state index in [4.69, 9.17) is 0 Å². The normalized spacial score (nSPS) is 35.3. The molecule has 3 saturated heterocycles. The lowest BCUT2D eigenvalue weighted by atomic mass is 9.84. The van der Waals surface area contributed by atoms with Crippen molar-refractivity contribution in [2.24, 2.45) is 5.92 Å². The molecule has 108 valence electrons. The maximum atomic E-state index is 12.0. The van der Waals surface area contributed by atoms with Crippen molar-refractivity contribution >= 4 is 5.91 Å². The fourth-order valence-electron chi connectivity index (χ4n) is 3.95. The Balaban J connectivity index is 1.38. The summed E-state index contributed by atoms with van der Waals surface area (Å²) in [4.78, 5) is 14.5. The van der Waals surface area contributed by atoms with Crippen LogP contribution in [0.5, 0.6) is 0 Å². The van der Waals surface area contributed by atoms with Crippen LogP contribution in [0.3, 0.4) is 0 Å². The minimum atomic E-state index is 0.198. The van der Waals surface area contributed by atoms with E-state index >= 15 is 0 Å². The highest BCUT2D eigenvalue weighted by Gasteiger charge is 2.33. The third-order valence-corrected chi connectivity index (χ3v) is 5.15. The van der Waals surface area contributed by atoms with Crippen LogP contribution in [0.1, 0.15) is 44.9 Å². The van der Waals surface area contributed by atoms with Gasteiger partial charge in [0.1, 0.15) is 0 Å². The van der Waals surface area contributed by atoms with Crippen molar-refractivity contribution in [3.05, 3.63) is 0 Å². The highest BCUT2D eigenvalue weighted by Crippen LogP contribution is 2.27. The molecule has 4 rings (SSSR count). The molecular formula is C15H27N3O. The summed E-state index contributed by atoms with van der Waals surface area (Å²) in [5.41, 5.74) is 0. The Labute approximate surface area is 116 Å². The average molecular weight is 265 g/mol.